The van der Waals surface area contributed by atoms with E-state index in [4.69, 9.17) is 5.26 Å². The normalized spacial score (nSPS) is 9.83. The minimum Gasteiger partial charge on any atom is -0.380 e. The van der Waals surface area contributed by atoms with Gasteiger partial charge in [-0.05, 0) is 35.9 Å². The van der Waals surface area contributed by atoms with E-state index >= 15 is 0 Å². The third-order valence-corrected chi connectivity index (χ3v) is 2.47. The van der Waals surface area contributed by atoms with Crippen molar-refractivity contribution in [1.82, 2.24) is 0 Å². The third kappa shape index (κ3) is 2.83. The van der Waals surface area contributed by atoms with Crippen LogP contribution >= 0.6 is 0 Å². The quantitative estimate of drug-likeness (QED) is 0.897. The smallest absolute Gasteiger partial charge is 0.124 e. The van der Waals surface area contributed by atoms with Gasteiger partial charge in [0.1, 0.15) is 17.7 Å². The second-order valence-electron chi connectivity index (χ2n) is 3.79. The minimum absolute atomic E-state index is 0.228. The molecule has 4 heteroatoms. The highest BCUT2D eigenvalue weighted by Crippen LogP contribution is 2.17. The van der Waals surface area contributed by atoms with Crippen LogP contribution in [0.5, 0.6) is 0 Å². The van der Waals surface area contributed by atoms with Crippen molar-refractivity contribution in [3.63, 3.8) is 0 Å². The van der Waals surface area contributed by atoms with Crippen LogP contribution in [0.2, 0.25) is 0 Å². The lowest BCUT2D eigenvalue weighted by atomic mass is 10.1. The molecule has 0 saturated carbocycles. The van der Waals surface area contributed by atoms with Crippen LogP contribution in [0.1, 0.15) is 11.1 Å². The Hall–Kier alpha value is -2.41. The van der Waals surface area contributed by atoms with E-state index in [1.807, 2.05) is 6.07 Å². The summed E-state index contributed by atoms with van der Waals surface area (Å²) in [6.07, 6.45) is 0. The molecule has 0 spiro atoms. The van der Waals surface area contributed by atoms with E-state index in [2.05, 4.69) is 5.32 Å². The molecule has 0 aliphatic heterocycles. The first kappa shape index (κ1) is 12.1. The molecular weight excluding hydrogens is 234 g/mol. The Labute approximate surface area is 103 Å². The van der Waals surface area contributed by atoms with E-state index in [0.29, 0.717) is 12.2 Å². The van der Waals surface area contributed by atoms with E-state index in [1.165, 1.54) is 24.3 Å². The van der Waals surface area contributed by atoms with Gasteiger partial charge in [-0.1, -0.05) is 12.1 Å². The molecule has 18 heavy (non-hydrogen) atoms. The molecule has 0 radical (unpaired) electrons. The summed E-state index contributed by atoms with van der Waals surface area (Å²) in [5.41, 5.74) is 1.51. The van der Waals surface area contributed by atoms with Gasteiger partial charge in [0, 0.05) is 6.54 Å². The molecule has 0 aromatic heterocycles. The van der Waals surface area contributed by atoms with Crippen molar-refractivity contribution in [2.75, 3.05) is 5.32 Å². The highest BCUT2D eigenvalue weighted by molar-refractivity contribution is 5.57. The van der Waals surface area contributed by atoms with Crippen LogP contribution in [0.15, 0.2) is 42.5 Å². The number of anilines is 1. The number of nitrogens with zero attached hydrogens (tertiary/aromatic N) is 1. The Morgan fingerprint density at radius 2 is 1.83 bits per heavy atom. The monoisotopic (exact) mass is 244 g/mol. The van der Waals surface area contributed by atoms with Crippen molar-refractivity contribution in [3.05, 3.63) is 65.2 Å². The van der Waals surface area contributed by atoms with Crippen molar-refractivity contribution < 1.29 is 8.78 Å². The van der Waals surface area contributed by atoms with Gasteiger partial charge in [0.25, 0.3) is 0 Å². The third-order valence-electron chi connectivity index (χ3n) is 2.47. The molecule has 2 rings (SSSR count). The lowest BCUT2D eigenvalue weighted by molar-refractivity contribution is 0.626. The summed E-state index contributed by atoms with van der Waals surface area (Å²) in [6.45, 7) is 0.373. The number of halogens is 2. The summed E-state index contributed by atoms with van der Waals surface area (Å²) in [7, 11) is 0. The fourth-order valence-corrected chi connectivity index (χ4v) is 1.61. The zero-order valence-corrected chi connectivity index (χ0v) is 9.45. The molecule has 0 saturated heterocycles. The van der Waals surface area contributed by atoms with Gasteiger partial charge in [-0.3, -0.25) is 0 Å². The summed E-state index contributed by atoms with van der Waals surface area (Å²) in [6, 6.07) is 12.0. The van der Waals surface area contributed by atoms with Crippen molar-refractivity contribution in [2.45, 2.75) is 6.54 Å². The highest BCUT2D eigenvalue weighted by atomic mass is 19.1. The summed E-state index contributed by atoms with van der Waals surface area (Å²) < 4.78 is 25.9. The standard InChI is InChI=1S/C14H10F2N2/c15-12-3-1-2-10(6-12)9-18-14-5-4-13(16)7-11(14)8-17/h1-7,18H,9H2. The molecule has 0 aliphatic carbocycles. The number of nitriles is 1. The summed E-state index contributed by atoms with van der Waals surface area (Å²) >= 11 is 0. The maximum Gasteiger partial charge on any atom is 0.124 e. The van der Waals surface area contributed by atoms with Gasteiger partial charge in [0.15, 0.2) is 0 Å². The summed E-state index contributed by atoms with van der Waals surface area (Å²) in [5, 5.41) is 11.8. The first-order valence-electron chi connectivity index (χ1n) is 5.37. The van der Waals surface area contributed by atoms with Crippen molar-refractivity contribution in [3.8, 4) is 6.07 Å². The van der Waals surface area contributed by atoms with E-state index in [-0.39, 0.29) is 11.4 Å². The lowest BCUT2D eigenvalue weighted by Crippen LogP contribution is -2.01. The van der Waals surface area contributed by atoms with Crippen LogP contribution in [0.3, 0.4) is 0 Å². The van der Waals surface area contributed by atoms with Crippen molar-refractivity contribution in [2.24, 2.45) is 0 Å². The second-order valence-corrected chi connectivity index (χ2v) is 3.79. The molecule has 0 aliphatic rings. The highest BCUT2D eigenvalue weighted by Gasteiger charge is 2.03. The van der Waals surface area contributed by atoms with Gasteiger partial charge < -0.3 is 5.32 Å². The fourth-order valence-electron chi connectivity index (χ4n) is 1.61. The topological polar surface area (TPSA) is 35.8 Å². The van der Waals surface area contributed by atoms with Gasteiger partial charge in [0.05, 0.1) is 11.3 Å². The van der Waals surface area contributed by atoms with Crippen LogP contribution in [-0.2, 0) is 6.54 Å². The van der Waals surface area contributed by atoms with Crippen LogP contribution in [0.4, 0.5) is 14.5 Å². The maximum absolute atomic E-state index is 13.0. The Morgan fingerprint density at radius 3 is 2.56 bits per heavy atom. The SMILES string of the molecule is N#Cc1cc(F)ccc1NCc1cccc(F)c1. The molecule has 0 amide bonds. The average molecular weight is 244 g/mol. The first-order chi connectivity index (χ1) is 8.69. The zero-order valence-electron chi connectivity index (χ0n) is 9.45. The molecule has 0 heterocycles. The molecule has 2 nitrogen and oxygen atoms in total. The van der Waals surface area contributed by atoms with E-state index in [9.17, 15) is 8.78 Å². The number of nitrogens with one attached hydrogen (secondary N) is 1. The molecule has 90 valence electrons. The summed E-state index contributed by atoms with van der Waals surface area (Å²) in [5.74, 6) is -0.767. The second kappa shape index (κ2) is 5.28. The Morgan fingerprint density at radius 1 is 1.06 bits per heavy atom. The largest absolute Gasteiger partial charge is 0.380 e. The van der Waals surface area contributed by atoms with Crippen LogP contribution in [-0.4, -0.2) is 0 Å². The first-order valence-corrected chi connectivity index (χ1v) is 5.37. The summed E-state index contributed by atoms with van der Waals surface area (Å²) in [4.78, 5) is 0. The molecular formula is C14H10F2N2. The van der Waals surface area contributed by atoms with Crippen molar-refractivity contribution >= 4 is 5.69 Å². The van der Waals surface area contributed by atoms with Crippen LogP contribution in [0.25, 0.3) is 0 Å². The zero-order chi connectivity index (χ0) is 13.0. The molecule has 0 bridgehead atoms. The predicted octanol–water partition coefficient (Wildman–Crippen LogP) is 3.45. The van der Waals surface area contributed by atoms with E-state index in [1.54, 1.807) is 12.1 Å². The minimum atomic E-state index is -0.456. The molecule has 2 aromatic carbocycles. The number of benzene rings is 2. The fraction of sp³-hybridized carbons (Fsp3) is 0.0714. The number of rotatable bonds is 3. The van der Waals surface area contributed by atoms with Gasteiger partial charge in [-0.15, -0.1) is 0 Å². The van der Waals surface area contributed by atoms with Crippen molar-refractivity contribution in [1.29, 1.82) is 5.26 Å². The Kier molecular flexibility index (Phi) is 3.54. The van der Waals surface area contributed by atoms with E-state index in [0.717, 1.165) is 11.6 Å². The van der Waals surface area contributed by atoms with Gasteiger partial charge >= 0.3 is 0 Å². The number of hydrogen-bond acceptors (Lipinski definition) is 2. The molecule has 2 aromatic rings. The number of hydrogen-bond donors (Lipinski definition) is 1. The lowest BCUT2D eigenvalue weighted by Gasteiger charge is -2.08. The Bertz CT molecular complexity index is 603. The van der Waals surface area contributed by atoms with E-state index < -0.39 is 5.82 Å². The average Bonchev–Trinajstić information content (AvgIpc) is 2.37. The maximum atomic E-state index is 13.0. The molecule has 0 unspecified atom stereocenters. The van der Waals surface area contributed by atoms with Gasteiger partial charge in [-0.2, -0.15) is 5.26 Å². The molecule has 1 N–H and O–H groups in total. The molecule has 0 atom stereocenters. The van der Waals surface area contributed by atoms with Gasteiger partial charge in [-0.25, -0.2) is 8.78 Å². The van der Waals surface area contributed by atoms with Gasteiger partial charge in [0.2, 0.25) is 0 Å². The van der Waals surface area contributed by atoms with Crippen LogP contribution < -0.4 is 5.32 Å². The Balaban J connectivity index is 2.14. The molecule has 0 fully saturated rings. The predicted molar refractivity (Wildman–Crippen MR) is 64.8 cm³/mol. The van der Waals surface area contributed by atoms with Crippen LogP contribution in [0, 0.1) is 23.0 Å².